The van der Waals surface area contributed by atoms with Crippen LogP contribution >= 0.6 is 0 Å². The predicted molar refractivity (Wildman–Crippen MR) is 95.0 cm³/mol. The van der Waals surface area contributed by atoms with E-state index in [1.807, 2.05) is 30.3 Å². The number of benzene rings is 2. The Morgan fingerprint density at radius 1 is 1.04 bits per heavy atom. The molecule has 25 heavy (non-hydrogen) atoms. The Kier molecular flexibility index (Phi) is 6.38. The number of methoxy groups -OCH3 is 2. The lowest BCUT2D eigenvalue weighted by Gasteiger charge is -2.20. The largest absolute Gasteiger partial charge is 0.493 e. The smallest absolute Gasteiger partial charge is 0.253 e. The molecule has 2 N–H and O–H groups in total. The van der Waals surface area contributed by atoms with Crippen molar-refractivity contribution in [3.63, 3.8) is 0 Å². The van der Waals surface area contributed by atoms with E-state index in [-0.39, 0.29) is 19.1 Å². The minimum absolute atomic E-state index is 0.0762. The van der Waals surface area contributed by atoms with Crippen LogP contribution < -0.4 is 9.47 Å². The van der Waals surface area contributed by atoms with E-state index in [0.717, 1.165) is 11.1 Å². The molecule has 0 radical (unpaired) electrons. The van der Waals surface area contributed by atoms with Gasteiger partial charge in [0.2, 0.25) is 0 Å². The summed E-state index contributed by atoms with van der Waals surface area (Å²) >= 11 is 0. The molecular formula is C19H23NO5. The molecule has 0 aliphatic heterocycles. The van der Waals surface area contributed by atoms with Gasteiger partial charge in [-0.3, -0.25) is 4.79 Å². The van der Waals surface area contributed by atoms with Gasteiger partial charge in [-0.2, -0.15) is 0 Å². The summed E-state index contributed by atoms with van der Waals surface area (Å²) in [7, 11) is 4.76. The van der Waals surface area contributed by atoms with Crippen molar-refractivity contribution < 1.29 is 24.5 Å². The van der Waals surface area contributed by atoms with E-state index >= 15 is 0 Å². The zero-order valence-corrected chi connectivity index (χ0v) is 14.6. The molecule has 0 saturated carbocycles. The first-order chi connectivity index (χ1) is 12.0. The molecule has 0 aliphatic rings. The highest BCUT2D eigenvalue weighted by atomic mass is 16.5. The van der Waals surface area contributed by atoms with Gasteiger partial charge in [0.25, 0.3) is 5.91 Å². The highest BCUT2D eigenvalue weighted by Crippen LogP contribution is 2.32. The van der Waals surface area contributed by atoms with Gasteiger partial charge in [-0.15, -0.1) is 0 Å². The molecule has 0 bridgehead atoms. The van der Waals surface area contributed by atoms with Crippen molar-refractivity contribution in [3.8, 4) is 22.6 Å². The maximum atomic E-state index is 12.3. The molecule has 0 unspecified atom stereocenters. The lowest BCUT2D eigenvalue weighted by Crippen LogP contribution is -2.35. The number of likely N-dealkylation sites (N-methyl/N-ethyl adjacent to an activating group) is 1. The fourth-order valence-corrected chi connectivity index (χ4v) is 2.50. The Morgan fingerprint density at radius 2 is 1.64 bits per heavy atom. The summed E-state index contributed by atoms with van der Waals surface area (Å²) in [5, 5.41) is 18.3. The first kappa shape index (κ1) is 18.8. The number of hydrogen-bond donors (Lipinski definition) is 2. The normalized spacial score (nSPS) is 11.7. The van der Waals surface area contributed by atoms with Gasteiger partial charge >= 0.3 is 0 Å². The van der Waals surface area contributed by atoms with Crippen molar-refractivity contribution in [2.24, 2.45) is 0 Å². The van der Waals surface area contributed by atoms with Gasteiger partial charge in [0.05, 0.1) is 26.9 Å². The van der Waals surface area contributed by atoms with Crippen LogP contribution in [0.5, 0.6) is 11.5 Å². The third-order valence-corrected chi connectivity index (χ3v) is 3.89. The van der Waals surface area contributed by atoms with Crippen LogP contribution in [-0.2, 0) is 0 Å². The number of hydrogen-bond acceptors (Lipinski definition) is 5. The third-order valence-electron chi connectivity index (χ3n) is 3.89. The summed E-state index contributed by atoms with van der Waals surface area (Å²) in [5.74, 6) is 1.08. The van der Waals surface area contributed by atoms with Gasteiger partial charge in [0.1, 0.15) is 0 Å². The Morgan fingerprint density at radius 3 is 2.20 bits per heavy atom. The van der Waals surface area contributed by atoms with E-state index in [4.69, 9.17) is 14.6 Å². The van der Waals surface area contributed by atoms with Gasteiger partial charge in [-0.25, -0.2) is 0 Å². The number of amides is 1. The predicted octanol–water partition coefficient (Wildman–Crippen LogP) is 1.80. The molecule has 0 spiro atoms. The van der Waals surface area contributed by atoms with Crippen LogP contribution in [0.4, 0.5) is 0 Å². The molecule has 6 heteroatoms. The minimum Gasteiger partial charge on any atom is -0.493 e. The summed E-state index contributed by atoms with van der Waals surface area (Å²) in [6.07, 6.45) is -0.944. The minimum atomic E-state index is -0.944. The third kappa shape index (κ3) is 4.49. The van der Waals surface area contributed by atoms with Crippen LogP contribution in [-0.4, -0.2) is 61.5 Å². The van der Waals surface area contributed by atoms with Crippen LogP contribution in [0.3, 0.4) is 0 Å². The summed E-state index contributed by atoms with van der Waals surface area (Å²) in [4.78, 5) is 13.7. The Labute approximate surface area is 147 Å². The van der Waals surface area contributed by atoms with Crippen molar-refractivity contribution >= 4 is 5.91 Å². The lowest BCUT2D eigenvalue weighted by atomic mass is 10.0. The maximum absolute atomic E-state index is 12.3. The number of aliphatic hydroxyl groups excluding tert-OH is 2. The molecule has 2 aromatic carbocycles. The fourth-order valence-electron chi connectivity index (χ4n) is 2.50. The molecule has 0 aliphatic carbocycles. The van der Waals surface area contributed by atoms with E-state index < -0.39 is 6.10 Å². The number of aliphatic hydroxyl groups is 2. The van der Waals surface area contributed by atoms with Gasteiger partial charge in [0, 0.05) is 19.2 Å². The van der Waals surface area contributed by atoms with E-state index in [1.165, 1.54) is 4.90 Å². The van der Waals surface area contributed by atoms with Crippen molar-refractivity contribution in [2.45, 2.75) is 6.10 Å². The number of rotatable bonds is 7. The Hall–Kier alpha value is -2.57. The van der Waals surface area contributed by atoms with Crippen LogP contribution in [0.25, 0.3) is 11.1 Å². The molecule has 0 heterocycles. The average molecular weight is 345 g/mol. The molecule has 1 atom stereocenters. The van der Waals surface area contributed by atoms with E-state index in [0.29, 0.717) is 17.1 Å². The molecule has 0 saturated heterocycles. The van der Waals surface area contributed by atoms with Crippen molar-refractivity contribution in [1.82, 2.24) is 4.90 Å². The second-order valence-corrected chi connectivity index (χ2v) is 5.67. The van der Waals surface area contributed by atoms with Crippen molar-refractivity contribution in [1.29, 1.82) is 0 Å². The van der Waals surface area contributed by atoms with Crippen LogP contribution in [0, 0.1) is 0 Å². The zero-order valence-electron chi connectivity index (χ0n) is 14.6. The zero-order chi connectivity index (χ0) is 18.4. The molecule has 1 amide bonds. The second-order valence-electron chi connectivity index (χ2n) is 5.67. The van der Waals surface area contributed by atoms with Crippen molar-refractivity contribution in [3.05, 3.63) is 48.0 Å². The number of carbonyl (C=O) groups excluding carboxylic acids is 1. The summed E-state index contributed by atoms with van der Waals surface area (Å²) < 4.78 is 10.5. The van der Waals surface area contributed by atoms with Gasteiger partial charge in [-0.05, 0) is 35.4 Å². The highest BCUT2D eigenvalue weighted by Gasteiger charge is 2.15. The molecule has 2 aromatic rings. The van der Waals surface area contributed by atoms with Gasteiger partial charge < -0.3 is 24.6 Å². The molecule has 6 nitrogen and oxygen atoms in total. The monoisotopic (exact) mass is 345 g/mol. The number of nitrogens with zero attached hydrogens (tertiary/aromatic N) is 1. The molecule has 134 valence electrons. The van der Waals surface area contributed by atoms with E-state index in [2.05, 4.69) is 0 Å². The number of carbonyl (C=O) groups is 1. The Balaban J connectivity index is 2.18. The Bertz CT molecular complexity index is 714. The van der Waals surface area contributed by atoms with E-state index in [9.17, 15) is 9.90 Å². The number of ether oxygens (including phenoxy) is 2. The molecular weight excluding hydrogens is 322 g/mol. The fraction of sp³-hybridized carbons (Fsp3) is 0.316. The lowest BCUT2D eigenvalue weighted by molar-refractivity contribution is 0.0520. The summed E-state index contributed by atoms with van der Waals surface area (Å²) in [6, 6.07) is 12.8. The second kappa shape index (κ2) is 8.50. The molecule has 0 aromatic heterocycles. The maximum Gasteiger partial charge on any atom is 0.253 e. The van der Waals surface area contributed by atoms with Crippen LogP contribution in [0.2, 0.25) is 0 Å². The van der Waals surface area contributed by atoms with Crippen LogP contribution in [0.15, 0.2) is 42.5 Å². The topological polar surface area (TPSA) is 79.2 Å². The first-order valence-corrected chi connectivity index (χ1v) is 7.87. The first-order valence-electron chi connectivity index (χ1n) is 7.87. The van der Waals surface area contributed by atoms with Crippen LogP contribution in [0.1, 0.15) is 10.4 Å². The summed E-state index contributed by atoms with van der Waals surface area (Å²) in [6.45, 7) is -0.303. The quantitative estimate of drug-likeness (QED) is 0.800. The standard InChI is InChI=1S/C19H23NO5/c1-20(11-16(22)12-21)19(23)14-6-4-13(5-7-14)15-8-9-17(24-2)18(10-15)25-3/h4-10,16,21-22H,11-12H2,1-3H3/t16-/m0/s1. The average Bonchev–Trinajstić information content (AvgIpc) is 2.66. The van der Waals surface area contributed by atoms with E-state index in [1.54, 1.807) is 33.4 Å². The molecule has 2 rings (SSSR count). The molecule has 0 fully saturated rings. The SMILES string of the molecule is COc1ccc(-c2ccc(C(=O)N(C)C[C@H](O)CO)cc2)cc1OC. The van der Waals surface area contributed by atoms with Gasteiger partial charge in [0.15, 0.2) is 11.5 Å². The van der Waals surface area contributed by atoms with Crippen molar-refractivity contribution in [2.75, 3.05) is 34.4 Å². The van der Waals surface area contributed by atoms with Gasteiger partial charge in [-0.1, -0.05) is 18.2 Å². The highest BCUT2D eigenvalue weighted by molar-refractivity contribution is 5.94. The summed E-state index contributed by atoms with van der Waals surface area (Å²) in [5.41, 5.74) is 2.40.